The molecule has 2 rings (SSSR count). The summed E-state index contributed by atoms with van der Waals surface area (Å²) in [6, 6.07) is 15.0. The summed E-state index contributed by atoms with van der Waals surface area (Å²) in [5, 5.41) is 10.3. The third-order valence-electron chi connectivity index (χ3n) is 7.48. The zero-order valence-electron chi connectivity index (χ0n) is 27.1. The van der Waals surface area contributed by atoms with E-state index in [4.69, 9.17) is 23.7 Å². The van der Waals surface area contributed by atoms with Crippen molar-refractivity contribution < 1.29 is 43.2 Å². The average Bonchev–Trinajstić information content (AvgIpc) is 2.98. The van der Waals surface area contributed by atoms with Gasteiger partial charge in [0, 0.05) is 33.5 Å². The SMILES string of the molecule is COCCCOc1cc(CC(C/C(C(=O)O)=C(/CC(C(=O)OCc2ccccc2)C(C)C)OC(C)=O)C(C)C)ccc1OC. The monoisotopic (exact) mass is 612 g/mol. The van der Waals surface area contributed by atoms with Crippen LogP contribution in [0.15, 0.2) is 59.9 Å². The standard InChI is InChI=1S/C35H48O9/c1-23(2)28(18-27-14-15-31(41-7)33(19-27)42-17-11-16-40-6)20-30(34(37)38)32(44-25(5)36)21-29(24(3)4)35(39)43-22-26-12-9-8-10-13-26/h8-10,12-15,19,23-24,28-29H,11,16-18,20-22H2,1-7H3,(H,37,38)/b32-30+. The van der Waals surface area contributed by atoms with Crippen molar-refractivity contribution in [2.75, 3.05) is 27.4 Å². The summed E-state index contributed by atoms with van der Waals surface area (Å²) in [7, 11) is 3.22. The smallest absolute Gasteiger partial charge is 0.335 e. The number of carboxylic acid groups (broad SMARTS) is 1. The maximum atomic E-state index is 13.2. The minimum absolute atomic E-state index is 0.0112. The molecule has 0 aliphatic heterocycles. The van der Waals surface area contributed by atoms with Crippen LogP contribution >= 0.6 is 0 Å². The van der Waals surface area contributed by atoms with E-state index in [-0.39, 0.29) is 48.5 Å². The van der Waals surface area contributed by atoms with Gasteiger partial charge in [0.15, 0.2) is 11.5 Å². The largest absolute Gasteiger partial charge is 0.493 e. The van der Waals surface area contributed by atoms with Gasteiger partial charge in [0.2, 0.25) is 0 Å². The van der Waals surface area contributed by atoms with E-state index in [0.29, 0.717) is 31.1 Å². The predicted molar refractivity (Wildman–Crippen MR) is 167 cm³/mol. The highest BCUT2D eigenvalue weighted by molar-refractivity contribution is 5.88. The lowest BCUT2D eigenvalue weighted by Gasteiger charge is -2.25. The minimum atomic E-state index is -1.19. The van der Waals surface area contributed by atoms with Gasteiger partial charge < -0.3 is 28.8 Å². The van der Waals surface area contributed by atoms with E-state index >= 15 is 0 Å². The number of methoxy groups -OCH3 is 2. The summed E-state index contributed by atoms with van der Waals surface area (Å²) in [5.41, 5.74) is 1.77. The highest BCUT2D eigenvalue weighted by atomic mass is 16.5. The fourth-order valence-electron chi connectivity index (χ4n) is 4.80. The van der Waals surface area contributed by atoms with Crippen molar-refractivity contribution >= 4 is 17.9 Å². The molecule has 44 heavy (non-hydrogen) atoms. The van der Waals surface area contributed by atoms with Crippen molar-refractivity contribution in [1.82, 2.24) is 0 Å². The van der Waals surface area contributed by atoms with Crippen molar-refractivity contribution in [2.45, 2.75) is 66.9 Å². The molecule has 9 nitrogen and oxygen atoms in total. The highest BCUT2D eigenvalue weighted by Gasteiger charge is 2.31. The molecule has 0 saturated carbocycles. The zero-order valence-corrected chi connectivity index (χ0v) is 27.1. The number of ether oxygens (including phenoxy) is 5. The quantitative estimate of drug-likeness (QED) is 0.0808. The summed E-state index contributed by atoms with van der Waals surface area (Å²) < 4.78 is 27.6. The average molecular weight is 613 g/mol. The van der Waals surface area contributed by atoms with E-state index in [1.807, 2.05) is 76.2 Å². The van der Waals surface area contributed by atoms with Gasteiger partial charge in [-0.15, -0.1) is 0 Å². The maximum absolute atomic E-state index is 13.2. The van der Waals surface area contributed by atoms with Crippen molar-refractivity contribution in [1.29, 1.82) is 0 Å². The third-order valence-corrected chi connectivity index (χ3v) is 7.48. The van der Waals surface area contributed by atoms with Gasteiger partial charge in [-0.2, -0.15) is 0 Å². The Kier molecular flexibility index (Phi) is 15.5. The maximum Gasteiger partial charge on any atom is 0.335 e. The summed E-state index contributed by atoms with van der Waals surface area (Å²) in [6.07, 6.45) is 1.34. The van der Waals surface area contributed by atoms with Crippen molar-refractivity contribution in [2.24, 2.45) is 23.7 Å². The normalized spacial score (nSPS) is 13.2. The highest BCUT2D eigenvalue weighted by Crippen LogP contribution is 2.34. The van der Waals surface area contributed by atoms with Crippen LogP contribution in [0.25, 0.3) is 0 Å². The first-order valence-corrected chi connectivity index (χ1v) is 15.1. The number of allylic oxidation sites excluding steroid dienone is 1. The number of carbonyl (C=O) groups excluding carboxylic acids is 2. The van der Waals surface area contributed by atoms with E-state index in [0.717, 1.165) is 17.5 Å². The van der Waals surface area contributed by atoms with Crippen LogP contribution in [0.5, 0.6) is 11.5 Å². The van der Waals surface area contributed by atoms with E-state index in [1.54, 1.807) is 14.2 Å². The molecule has 0 aliphatic rings. The topological polar surface area (TPSA) is 118 Å². The van der Waals surface area contributed by atoms with Gasteiger partial charge >= 0.3 is 17.9 Å². The Morgan fingerprint density at radius 1 is 0.841 bits per heavy atom. The van der Waals surface area contributed by atoms with Crippen LogP contribution in [0.2, 0.25) is 0 Å². The molecular formula is C35H48O9. The Morgan fingerprint density at radius 2 is 1.55 bits per heavy atom. The third kappa shape index (κ3) is 12.0. The predicted octanol–water partition coefficient (Wildman–Crippen LogP) is 6.62. The van der Waals surface area contributed by atoms with Gasteiger partial charge in [-0.1, -0.05) is 64.1 Å². The van der Waals surface area contributed by atoms with Crippen LogP contribution in [0.4, 0.5) is 0 Å². The molecule has 0 fully saturated rings. The Bertz CT molecular complexity index is 1230. The second kappa shape index (κ2) is 18.7. The number of hydrogen-bond acceptors (Lipinski definition) is 8. The van der Waals surface area contributed by atoms with Crippen LogP contribution in [-0.2, 0) is 41.6 Å². The number of esters is 2. The number of benzene rings is 2. The van der Waals surface area contributed by atoms with Crippen LogP contribution in [-0.4, -0.2) is 50.4 Å². The number of hydrogen-bond donors (Lipinski definition) is 1. The lowest BCUT2D eigenvalue weighted by molar-refractivity contribution is -0.152. The Morgan fingerprint density at radius 3 is 2.11 bits per heavy atom. The molecule has 0 saturated heterocycles. The molecule has 0 aliphatic carbocycles. The summed E-state index contributed by atoms with van der Waals surface area (Å²) in [5.74, 6) is -2.05. The van der Waals surface area contributed by atoms with Gasteiger partial charge in [0.05, 0.1) is 25.2 Å². The first-order valence-electron chi connectivity index (χ1n) is 15.1. The fraction of sp³-hybridized carbons (Fsp3) is 0.514. The Hall–Kier alpha value is -3.85. The van der Waals surface area contributed by atoms with Crippen molar-refractivity contribution in [3.8, 4) is 11.5 Å². The molecule has 0 spiro atoms. The molecular weight excluding hydrogens is 564 g/mol. The molecule has 2 atom stereocenters. The fourth-order valence-corrected chi connectivity index (χ4v) is 4.80. The molecule has 2 aromatic carbocycles. The van der Waals surface area contributed by atoms with E-state index < -0.39 is 23.8 Å². The number of carboxylic acids is 1. The molecule has 242 valence electrons. The number of carbonyl (C=O) groups is 3. The summed E-state index contributed by atoms with van der Waals surface area (Å²) >= 11 is 0. The molecule has 0 heterocycles. The van der Waals surface area contributed by atoms with Gasteiger partial charge in [-0.05, 0) is 53.9 Å². The molecule has 9 heteroatoms. The van der Waals surface area contributed by atoms with Gasteiger partial charge in [0.25, 0.3) is 0 Å². The zero-order chi connectivity index (χ0) is 32.6. The van der Waals surface area contributed by atoms with Gasteiger partial charge in [0.1, 0.15) is 12.4 Å². The summed E-state index contributed by atoms with van der Waals surface area (Å²) in [4.78, 5) is 38.0. The molecule has 0 amide bonds. The number of aliphatic carboxylic acids is 1. The molecule has 2 unspecified atom stereocenters. The molecule has 2 aromatic rings. The Balaban J connectivity index is 2.35. The van der Waals surface area contributed by atoms with Gasteiger partial charge in [-0.3, -0.25) is 9.59 Å². The van der Waals surface area contributed by atoms with Crippen molar-refractivity contribution in [3.05, 3.63) is 71.0 Å². The second-order valence-corrected chi connectivity index (χ2v) is 11.5. The summed E-state index contributed by atoms with van der Waals surface area (Å²) in [6.45, 7) is 10.1. The van der Waals surface area contributed by atoms with Crippen LogP contribution in [0.3, 0.4) is 0 Å². The van der Waals surface area contributed by atoms with Gasteiger partial charge in [-0.25, -0.2) is 4.79 Å². The van der Waals surface area contributed by atoms with E-state index in [9.17, 15) is 19.5 Å². The first-order chi connectivity index (χ1) is 21.0. The molecule has 0 radical (unpaired) electrons. The number of rotatable bonds is 19. The molecule has 0 bridgehead atoms. The Labute approximate surface area is 261 Å². The minimum Gasteiger partial charge on any atom is -0.493 e. The molecule has 0 aromatic heterocycles. The molecule has 1 N–H and O–H groups in total. The second-order valence-electron chi connectivity index (χ2n) is 11.5. The van der Waals surface area contributed by atoms with Crippen LogP contribution in [0, 0.1) is 23.7 Å². The first kappa shape index (κ1) is 36.3. The van der Waals surface area contributed by atoms with Crippen LogP contribution < -0.4 is 9.47 Å². The van der Waals surface area contributed by atoms with Crippen LogP contribution in [0.1, 0.15) is 65.0 Å². The van der Waals surface area contributed by atoms with E-state index in [2.05, 4.69) is 0 Å². The van der Waals surface area contributed by atoms with E-state index in [1.165, 1.54) is 6.92 Å². The lowest BCUT2D eigenvalue weighted by Crippen LogP contribution is -2.26. The van der Waals surface area contributed by atoms with Crippen molar-refractivity contribution in [3.63, 3.8) is 0 Å². The lowest BCUT2D eigenvalue weighted by atomic mass is 9.82.